The number of aliphatic imine (C=N–C) groups is 2. The van der Waals surface area contributed by atoms with E-state index in [4.69, 9.17) is 21.5 Å². The molecule has 0 aliphatic heterocycles. The van der Waals surface area contributed by atoms with Crippen LogP contribution in [-0.4, -0.2) is 21.3 Å². The first-order valence-corrected chi connectivity index (χ1v) is 22.6. The summed E-state index contributed by atoms with van der Waals surface area (Å²) >= 11 is 0. The normalized spacial score (nSPS) is 14.2. The van der Waals surface area contributed by atoms with Gasteiger partial charge in [0.25, 0.3) is 11.4 Å². The third kappa shape index (κ3) is 8.08. The van der Waals surface area contributed by atoms with Crippen LogP contribution in [0.2, 0.25) is 0 Å². The largest absolute Gasteiger partial charge is 0.398 e. The van der Waals surface area contributed by atoms with Crippen molar-refractivity contribution >= 4 is 56.3 Å². The monoisotopic (exact) mass is 896 g/mol. The summed E-state index contributed by atoms with van der Waals surface area (Å²) in [6.45, 7) is 16.4. The molecule has 0 bridgehead atoms. The van der Waals surface area contributed by atoms with Gasteiger partial charge in [-0.3, -0.25) is 20.2 Å². The number of nitrogen functional groups attached to an aromatic ring is 2. The van der Waals surface area contributed by atoms with Crippen molar-refractivity contribution in [1.29, 1.82) is 0 Å². The van der Waals surface area contributed by atoms with Crippen LogP contribution in [0.3, 0.4) is 0 Å². The zero-order chi connectivity index (χ0) is 48.3. The number of anilines is 2. The Morgan fingerprint density at radius 3 is 1.00 bits per heavy atom. The summed E-state index contributed by atoms with van der Waals surface area (Å²) in [5, 5.41) is 25.5. The minimum absolute atomic E-state index is 0.0387. The van der Waals surface area contributed by atoms with Gasteiger partial charge in [0.05, 0.1) is 32.6 Å². The number of nitrogens with two attached hydrogens (primary N) is 2. The van der Waals surface area contributed by atoms with Crippen molar-refractivity contribution in [2.24, 2.45) is 9.98 Å². The Morgan fingerprint density at radius 2 is 0.706 bits per heavy atom. The fourth-order valence-corrected chi connectivity index (χ4v) is 10.2. The third-order valence-electron chi connectivity index (χ3n) is 13.6. The highest BCUT2D eigenvalue weighted by atomic mass is 16.6. The molecule has 10 nitrogen and oxygen atoms in total. The van der Waals surface area contributed by atoms with Crippen molar-refractivity contribution < 1.29 is 9.85 Å². The predicted octanol–water partition coefficient (Wildman–Crippen LogP) is 13.9. The van der Waals surface area contributed by atoms with Crippen LogP contribution >= 0.6 is 0 Å². The van der Waals surface area contributed by atoms with E-state index in [1.807, 2.05) is 52.0 Å². The van der Waals surface area contributed by atoms with Crippen LogP contribution in [0.4, 0.5) is 34.1 Å². The second-order valence-electron chi connectivity index (χ2n) is 18.3. The number of benzene rings is 8. The van der Waals surface area contributed by atoms with Gasteiger partial charge in [-0.1, -0.05) is 109 Å². The molecule has 0 saturated carbocycles. The van der Waals surface area contributed by atoms with E-state index in [1.165, 1.54) is 0 Å². The Kier molecular flexibility index (Phi) is 11.6. The topological polar surface area (TPSA) is 163 Å². The molecule has 2 unspecified atom stereocenters. The molecular formula is C58H52N6O4. The molecule has 0 spiro atoms. The zero-order valence-electron chi connectivity index (χ0n) is 39.4. The number of rotatable bonds is 10. The zero-order valence-corrected chi connectivity index (χ0v) is 39.4. The Hall–Kier alpha value is -8.24. The number of nitrogens with zero attached hydrogens (tertiary/aromatic N) is 4. The van der Waals surface area contributed by atoms with Crippen LogP contribution in [-0.2, 0) is 0 Å². The fraction of sp³-hybridized carbons (Fsp3) is 0.172. The van der Waals surface area contributed by atoms with Crippen molar-refractivity contribution in [3.63, 3.8) is 0 Å². The standard InChI is InChI=1S/C58H52N6O4/c1-31-23-42(24-32(2)53(31)59)50(40-15-19-46(20-16-40)63(65)66)44-27-35(5)55(36(6)28-44)61-57-48-13-9-11-39-12-10-14-49(52(39)48)58(57)62-56-37(7)29-45(30-38(56)8)51(41-17-21-47(22-18-41)64(67)68)43-25-33(3)54(60)34(4)26-43/h9-30,50-51H,59-60H2,1-8H3. The summed E-state index contributed by atoms with van der Waals surface area (Å²) in [4.78, 5) is 33.7. The van der Waals surface area contributed by atoms with Gasteiger partial charge in [-0.05, 0) is 139 Å². The maximum Gasteiger partial charge on any atom is 0.269 e. The SMILES string of the molecule is Cc1cc(C(c2ccc([N+](=O)[O-])cc2)c2cc(C)c(N=C3C(=Nc4c(C)cc(C(c5ccc([N+](=O)[O-])cc5)c5cc(C)c(N)c(C)c5)cc4C)c4cccc5cccc3c45)c(C)c2)cc(C)c1N. The molecule has 0 amide bonds. The first-order valence-electron chi connectivity index (χ1n) is 22.6. The number of nitro benzene ring substituents is 2. The molecule has 0 fully saturated rings. The molecule has 0 heterocycles. The van der Waals surface area contributed by atoms with Crippen molar-refractivity contribution in [2.45, 2.75) is 67.2 Å². The van der Waals surface area contributed by atoms with Crippen LogP contribution in [0.15, 0.2) is 143 Å². The third-order valence-corrected chi connectivity index (χ3v) is 13.6. The summed E-state index contributed by atoms with van der Waals surface area (Å²) in [6.07, 6.45) is 0. The van der Waals surface area contributed by atoms with E-state index < -0.39 is 0 Å². The molecule has 338 valence electrons. The molecule has 8 aromatic rings. The molecule has 10 heteroatoms. The second-order valence-corrected chi connectivity index (χ2v) is 18.3. The summed E-state index contributed by atoms with van der Waals surface area (Å²) in [6, 6.07) is 43.4. The van der Waals surface area contributed by atoms with Gasteiger partial charge in [0, 0.05) is 64.0 Å². The van der Waals surface area contributed by atoms with Crippen LogP contribution in [0.25, 0.3) is 10.8 Å². The van der Waals surface area contributed by atoms with Crippen LogP contribution in [0, 0.1) is 75.6 Å². The van der Waals surface area contributed by atoms with E-state index >= 15 is 0 Å². The smallest absolute Gasteiger partial charge is 0.269 e. The number of hydrogen-bond donors (Lipinski definition) is 2. The Balaban J connectivity index is 1.18. The van der Waals surface area contributed by atoms with Crippen molar-refractivity contribution in [2.75, 3.05) is 11.5 Å². The molecule has 0 saturated heterocycles. The molecule has 68 heavy (non-hydrogen) atoms. The van der Waals surface area contributed by atoms with Gasteiger partial charge in [0.15, 0.2) is 0 Å². The molecular weight excluding hydrogens is 845 g/mol. The number of aryl methyl sites for hydroxylation is 8. The van der Waals surface area contributed by atoms with Gasteiger partial charge in [0.2, 0.25) is 0 Å². The van der Waals surface area contributed by atoms with Crippen LogP contribution in [0.5, 0.6) is 0 Å². The van der Waals surface area contributed by atoms with E-state index in [0.717, 1.165) is 134 Å². The van der Waals surface area contributed by atoms with Gasteiger partial charge >= 0.3 is 0 Å². The highest BCUT2D eigenvalue weighted by molar-refractivity contribution is 6.61. The summed E-state index contributed by atoms with van der Waals surface area (Å²) in [5.41, 5.74) is 33.5. The van der Waals surface area contributed by atoms with Crippen LogP contribution in [0.1, 0.15) is 101 Å². The lowest BCUT2D eigenvalue weighted by Gasteiger charge is -2.23. The van der Waals surface area contributed by atoms with Gasteiger partial charge in [-0.2, -0.15) is 0 Å². The summed E-state index contributed by atoms with van der Waals surface area (Å²) in [7, 11) is 0. The number of non-ortho nitro benzene ring substituents is 2. The highest BCUT2D eigenvalue weighted by Crippen LogP contribution is 2.42. The quantitative estimate of drug-likeness (QED) is 0.0601. The summed E-state index contributed by atoms with van der Waals surface area (Å²) < 4.78 is 0. The lowest BCUT2D eigenvalue weighted by atomic mass is 9.82. The lowest BCUT2D eigenvalue weighted by molar-refractivity contribution is -0.385. The average Bonchev–Trinajstić information content (AvgIpc) is 3.60. The Bertz CT molecular complexity index is 3140. The maximum absolute atomic E-state index is 11.6. The minimum atomic E-state index is -0.375. The van der Waals surface area contributed by atoms with Crippen molar-refractivity contribution in [3.8, 4) is 0 Å². The van der Waals surface area contributed by atoms with Crippen molar-refractivity contribution in [1.82, 2.24) is 0 Å². The molecule has 1 aliphatic rings. The molecule has 2 atom stereocenters. The average molecular weight is 897 g/mol. The van der Waals surface area contributed by atoms with E-state index in [1.54, 1.807) is 24.3 Å². The van der Waals surface area contributed by atoms with E-state index in [-0.39, 0.29) is 33.1 Å². The first-order chi connectivity index (χ1) is 32.5. The van der Waals surface area contributed by atoms with Crippen molar-refractivity contribution in [3.05, 3.63) is 243 Å². The number of nitro groups is 2. The minimum Gasteiger partial charge on any atom is -0.398 e. The van der Waals surface area contributed by atoms with Gasteiger partial charge in [-0.25, -0.2) is 9.98 Å². The fourth-order valence-electron chi connectivity index (χ4n) is 10.2. The maximum atomic E-state index is 11.6. The van der Waals surface area contributed by atoms with Gasteiger partial charge in [-0.15, -0.1) is 0 Å². The molecule has 9 rings (SSSR count). The molecule has 0 aromatic heterocycles. The highest BCUT2D eigenvalue weighted by Gasteiger charge is 2.30. The lowest BCUT2D eigenvalue weighted by Crippen LogP contribution is -2.11. The number of hydrogen-bond acceptors (Lipinski definition) is 8. The Labute approximate surface area is 396 Å². The summed E-state index contributed by atoms with van der Waals surface area (Å²) in [5.74, 6) is -0.451. The first kappa shape index (κ1) is 44.9. The van der Waals surface area contributed by atoms with E-state index in [2.05, 4.69) is 113 Å². The molecule has 1 aliphatic carbocycles. The van der Waals surface area contributed by atoms with Gasteiger partial charge < -0.3 is 11.5 Å². The van der Waals surface area contributed by atoms with Gasteiger partial charge in [0.1, 0.15) is 0 Å². The Morgan fingerprint density at radius 1 is 0.412 bits per heavy atom. The molecule has 0 radical (unpaired) electrons. The molecule has 8 aromatic carbocycles. The molecule has 4 N–H and O–H groups in total. The van der Waals surface area contributed by atoms with E-state index in [0.29, 0.717) is 0 Å². The predicted molar refractivity (Wildman–Crippen MR) is 277 cm³/mol. The van der Waals surface area contributed by atoms with Crippen LogP contribution < -0.4 is 11.5 Å². The second kappa shape index (κ2) is 17.5. The van der Waals surface area contributed by atoms with E-state index in [9.17, 15) is 20.2 Å².